The summed E-state index contributed by atoms with van der Waals surface area (Å²) in [6.45, 7) is 15.7. The summed E-state index contributed by atoms with van der Waals surface area (Å²) in [4.78, 5) is 25.0. The molecule has 0 aliphatic heterocycles. The number of amides is 2. The zero-order chi connectivity index (χ0) is 27.2. The Bertz CT molecular complexity index is 928. The Kier molecular flexibility index (Phi) is 15.8. The van der Waals surface area contributed by atoms with Crippen LogP contribution >= 0.6 is 54.5 Å². The molecule has 6 nitrogen and oxygen atoms in total. The van der Waals surface area contributed by atoms with Crippen LogP contribution in [-0.4, -0.2) is 34.4 Å². The first-order valence-corrected chi connectivity index (χ1v) is 14.3. The molecule has 2 aromatic carbocycles. The van der Waals surface area contributed by atoms with Gasteiger partial charge in [-0.05, 0) is 89.3 Å². The highest BCUT2D eigenvalue weighted by Crippen LogP contribution is 2.22. The number of hydrogen-bond donors (Lipinski definition) is 1. The fourth-order valence-corrected chi connectivity index (χ4v) is 3.15. The molecule has 2 amide bonds. The zero-order valence-electron chi connectivity index (χ0n) is 21.7. The van der Waals surface area contributed by atoms with Gasteiger partial charge in [0.25, 0.3) is 0 Å². The smallest absolute Gasteiger partial charge is 0.414 e. The number of nitrogens with zero attached hydrogens (tertiary/aromatic N) is 1. The number of halogens is 3. The maximum atomic E-state index is 12.0. The average Bonchev–Trinajstić information content (AvgIpc) is 2.67. The van der Waals surface area contributed by atoms with E-state index in [9.17, 15) is 9.59 Å². The van der Waals surface area contributed by atoms with Gasteiger partial charge in [0.15, 0.2) is 0 Å². The lowest BCUT2D eigenvalue weighted by Crippen LogP contribution is -2.36. The van der Waals surface area contributed by atoms with Crippen molar-refractivity contribution in [2.45, 2.75) is 66.6 Å². The number of alkyl halides is 1. The standard InChI is InChI=1S/C13H18BrNO2.C11H14BrNO2.C2H5I/c1-5-15(12(16)17-13(2,3)4)11-8-6-7-10(14)9-11;1-11(2,3)15-10(14)13-9-6-4-5-8(12)7-9;1-2-3/h6-9H,5H2,1-4H3;4-7H,1-3H3,(H,13,14);2H2,1H3. The quantitative estimate of drug-likeness (QED) is 0.253. The Balaban J connectivity index is 0.000000597. The number of anilines is 2. The molecule has 0 radical (unpaired) electrons. The molecule has 0 unspecified atom stereocenters. The second kappa shape index (κ2) is 16.4. The zero-order valence-corrected chi connectivity index (χ0v) is 27.1. The molecule has 0 aliphatic carbocycles. The molecule has 0 aromatic heterocycles. The third-order valence-electron chi connectivity index (χ3n) is 3.52. The number of nitrogens with one attached hydrogen (secondary N) is 1. The lowest BCUT2D eigenvalue weighted by Gasteiger charge is -2.26. The van der Waals surface area contributed by atoms with E-state index in [1.54, 1.807) is 11.0 Å². The van der Waals surface area contributed by atoms with Gasteiger partial charge in [0.2, 0.25) is 0 Å². The van der Waals surface area contributed by atoms with E-state index in [0.717, 1.165) is 14.6 Å². The van der Waals surface area contributed by atoms with Crippen LogP contribution in [0.15, 0.2) is 57.5 Å². The van der Waals surface area contributed by atoms with Crippen LogP contribution in [0.1, 0.15) is 55.4 Å². The lowest BCUT2D eigenvalue weighted by atomic mass is 10.2. The van der Waals surface area contributed by atoms with Crippen LogP contribution in [0, 0.1) is 0 Å². The van der Waals surface area contributed by atoms with Crippen LogP contribution in [0.2, 0.25) is 0 Å². The molecule has 0 fully saturated rings. The van der Waals surface area contributed by atoms with Crippen LogP contribution in [-0.2, 0) is 9.47 Å². The topological polar surface area (TPSA) is 67.9 Å². The van der Waals surface area contributed by atoms with Crippen molar-refractivity contribution >= 4 is 78.0 Å². The minimum Gasteiger partial charge on any atom is -0.444 e. The van der Waals surface area contributed by atoms with E-state index in [1.165, 1.54) is 4.43 Å². The summed E-state index contributed by atoms with van der Waals surface area (Å²) in [5.74, 6) is 0. The number of rotatable bonds is 3. The van der Waals surface area contributed by atoms with Gasteiger partial charge in [0.05, 0.1) is 0 Å². The summed E-state index contributed by atoms with van der Waals surface area (Å²) in [7, 11) is 0. The minimum absolute atomic E-state index is 0.321. The summed E-state index contributed by atoms with van der Waals surface area (Å²) in [6.07, 6.45) is -0.765. The maximum Gasteiger partial charge on any atom is 0.414 e. The molecule has 9 heteroatoms. The predicted octanol–water partition coefficient (Wildman–Crippen LogP) is 9.45. The molecule has 196 valence electrons. The fraction of sp³-hybridized carbons (Fsp3) is 0.462. The molecule has 0 saturated heterocycles. The normalized spacial score (nSPS) is 10.6. The molecule has 1 N–H and O–H groups in total. The Hall–Kier alpha value is -1.33. The second-order valence-electron chi connectivity index (χ2n) is 9.11. The van der Waals surface area contributed by atoms with Gasteiger partial charge < -0.3 is 9.47 Å². The number of ether oxygens (including phenoxy) is 2. The van der Waals surface area contributed by atoms with E-state index in [2.05, 4.69) is 66.7 Å². The number of carbonyl (C=O) groups is 2. The molecule has 2 aromatic rings. The first kappa shape index (κ1) is 33.7. The Morgan fingerprint density at radius 2 is 1.37 bits per heavy atom. The van der Waals surface area contributed by atoms with Crippen LogP contribution in [0.3, 0.4) is 0 Å². The molecule has 35 heavy (non-hydrogen) atoms. The van der Waals surface area contributed by atoms with Gasteiger partial charge in [-0.3, -0.25) is 10.2 Å². The Labute approximate surface area is 240 Å². The summed E-state index contributed by atoms with van der Waals surface area (Å²) in [6, 6.07) is 14.9. The average molecular weight is 728 g/mol. The van der Waals surface area contributed by atoms with E-state index in [-0.39, 0.29) is 6.09 Å². The summed E-state index contributed by atoms with van der Waals surface area (Å²) in [5, 5.41) is 2.65. The SMILES string of the molecule is CC(C)(C)OC(=O)Nc1cccc(Br)c1.CCI.CCN(C(=O)OC(C)(C)C)c1cccc(Br)c1. The number of benzene rings is 2. The molecule has 0 atom stereocenters. The van der Waals surface area contributed by atoms with Gasteiger partial charge in [-0.1, -0.05) is 73.5 Å². The van der Waals surface area contributed by atoms with Crippen molar-refractivity contribution in [3.63, 3.8) is 0 Å². The van der Waals surface area contributed by atoms with Crippen molar-refractivity contribution in [2.75, 3.05) is 21.2 Å². The van der Waals surface area contributed by atoms with E-state index < -0.39 is 17.3 Å². The molecule has 2 rings (SSSR count). The van der Waals surface area contributed by atoms with Crippen molar-refractivity contribution in [3.05, 3.63) is 57.5 Å². The van der Waals surface area contributed by atoms with Crippen molar-refractivity contribution < 1.29 is 19.1 Å². The number of hydrogen-bond acceptors (Lipinski definition) is 4. The Morgan fingerprint density at radius 3 is 1.80 bits per heavy atom. The lowest BCUT2D eigenvalue weighted by molar-refractivity contribution is 0.0580. The van der Waals surface area contributed by atoms with Gasteiger partial charge in [0.1, 0.15) is 11.2 Å². The largest absolute Gasteiger partial charge is 0.444 e. The number of carbonyl (C=O) groups excluding carboxylic acids is 2. The van der Waals surface area contributed by atoms with Crippen molar-refractivity contribution in [3.8, 4) is 0 Å². The van der Waals surface area contributed by atoms with Gasteiger partial charge in [-0.25, -0.2) is 9.59 Å². The molecular formula is C26H37Br2IN2O4. The molecule has 0 aliphatic rings. The molecule has 0 bridgehead atoms. The second-order valence-corrected chi connectivity index (χ2v) is 12.5. The first-order chi connectivity index (χ1) is 16.1. The van der Waals surface area contributed by atoms with Crippen LogP contribution in [0.4, 0.5) is 21.0 Å². The van der Waals surface area contributed by atoms with Crippen LogP contribution in [0.25, 0.3) is 0 Å². The minimum atomic E-state index is -0.476. The maximum absolute atomic E-state index is 12.0. The summed E-state index contributed by atoms with van der Waals surface area (Å²) in [5.41, 5.74) is 0.585. The van der Waals surface area contributed by atoms with Gasteiger partial charge >= 0.3 is 12.2 Å². The van der Waals surface area contributed by atoms with Gasteiger partial charge in [0, 0.05) is 26.9 Å². The van der Waals surface area contributed by atoms with Gasteiger partial charge in [-0.15, -0.1) is 0 Å². The van der Waals surface area contributed by atoms with E-state index in [4.69, 9.17) is 9.47 Å². The third-order valence-corrected chi connectivity index (χ3v) is 4.51. The Morgan fingerprint density at radius 1 is 0.886 bits per heavy atom. The summed E-state index contributed by atoms with van der Waals surface area (Å²) < 4.78 is 13.5. The molecule has 0 saturated carbocycles. The predicted molar refractivity (Wildman–Crippen MR) is 162 cm³/mol. The van der Waals surface area contributed by atoms with Gasteiger partial charge in [-0.2, -0.15) is 0 Å². The van der Waals surface area contributed by atoms with Crippen LogP contribution in [0.5, 0.6) is 0 Å². The fourth-order valence-electron chi connectivity index (χ4n) is 2.37. The van der Waals surface area contributed by atoms with Crippen LogP contribution < -0.4 is 10.2 Å². The summed E-state index contributed by atoms with van der Waals surface area (Å²) >= 11 is 9.00. The van der Waals surface area contributed by atoms with Crippen molar-refractivity contribution in [1.29, 1.82) is 0 Å². The van der Waals surface area contributed by atoms with E-state index >= 15 is 0 Å². The highest BCUT2D eigenvalue weighted by atomic mass is 127. The molecule has 0 heterocycles. The first-order valence-electron chi connectivity index (χ1n) is 11.2. The monoisotopic (exact) mass is 726 g/mol. The highest BCUT2D eigenvalue weighted by Gasteiger charge is 2.22. The molecule has 0 spiro atoms. The molecular weight excluding hydrogens is 691 g/mol. The van der Waals surface area contributed by atoms with Crippen molar-refractivity contribution in [1.82, 2.24) is 0 Å². The highest BCUT2D eigenvalue weighted by molar-refractivity contribution is 14.1. The third kappa shape index (κ3) is 16.9. The van der Waals surface area contributed by atoms with Crippen molar-refractivity contribution in [2.24, 2.45) is 0 Å². The van der Waals surface area contributed by atoms with E-state index in [1.807, 2.05) is 90.9 Å². The van der Waals surface area contributed by atoms with E-state index in [0.29, 0.717) is 12.2 Å².